The van der Waals surface area contributed by atoms with Gasteiger partial charge in [0.1, 0.15) is 11.1 Å². The summed E-state index contributed by atoms with van der Waals surface area (Å²) < 4.78 is 11.8. The van der Waals surface area contributed by atoms with Crippen molar-refractivity contribution in [3.63, 3.8) is 0 Å². The van der Waals surface area contributed by atoms with Gasteiger partial charge in [0.15, 0.2) is 0 Å². The molecule has 1 heterocycles. The van der Waals surface area contributed by atoms with Crippen LogP contribution in [0, 0.1) is 0 Å². The van der Waals surface area contributed by atoms with Crippen molar-refractivity contribution in [3.05, 3.63) is 44.7 Å². The third kappa shape index (κ3) is 5.31. The second kappa shape index (κ2) is 9.77. The highest BCUT2D eigenvalue weighted by Gasteiger charge is 2.23. The number of benzene rings is 1. The minimum Gasteiger partial charge on any atom is -0.422 e. The molecule has 30 heavy (non-hydrogen) atoms. The van der Waals surface area contributed by atoms with E-state index in [2.05, 4.69) is 21.2 Å². The average Bonchev–Trinajstić information content (AvgIpc) is 2.75. The molecular weight excluding hydrogens is 448 g/mol. The van der Waals surface area contributed by atoms with Gasteiger partial charge in [0.25, 0.3) is 6.02 Å². The summed E-state index contributed by atoms with van der Waals surface area (Å²) in [5.41, 5.74) is -0.400. The van der Waals surface area contributed by atoms with Crippen molar-refractivity contribution in [2.75, 3.05) is 0 Å². The van der Waals surface area contributed by atoms with E-state index in [9.17, 15) is 9.59 Å². The third-order valence-corrected chi connectivity index (χ3v) is 6.40. The summed E-state index contributed by atoms with van der Waals surface area (Å²) in [7, 11) is 0. The molecule has 0 saturated heterocycles. The molecule has 2 aliphatic carbocycles. The van der Waals surface area contributed by atoms with Crippen LogP contribution < -0.4 is 10.9 Å². The molecule has 7 heteroatoms. The lowest BCUT2D eigenvalue weighted by Crippen LogP contribution is -2.40. The number of amidine groups is 1. The highest BCUT2D eigenvalue weighted by molar-refractivity contribution is 9.10. The molecule has 1 aromatic carbocycles. The van der Waals surface area contributed by atoms with Gasteiger partial charge >= 0.3 is 11.6 Å². The maximum Gasteiger partial charge on any atom is 0.353 e. The third-order valence-electron chi connectivity index (χ3n) is 5.91. The smallest absolute Gasteiger partial charge is 0.353 e. The van der Waals surface area contributed by atoms with E-state index >= 15 is 0 Å². The standard InChI is InChI=1S/C23H27BrN2O4/c24-16-11-12-20-15(13-16)14-19(21(27)29-20)22(28)30-23(25-17-7-3-1-4-8-17)26-18-9-5-2-6-10-18/h11-14,17-18H,1-10H2,(H,25,26). The second-order valence-corrected chi connectivity index (χ2v) is 9.14. The zero-order chi connectivity index (χ0) is 20.9. The molecule has 2 aromatic rings. The van der Waals surface area contributed by atoms with Crippen LogP contribution in [0.2, 0.25) is 0 Å². The molecular formula is C23H27BrN2O4. The Morgan fingerprint density at radius 1 is 1.03 bits per heavy atom. The number of carbonyl (C=O) groups excluding carboxylic acids is 1. The number of nitrogens with one attached hydrogen (secondary N) is 1. The van der Waals surface area contributed by atoms with Crippen LogP contribution in [0.25, 0.3) is 11.0 Å². The summed E-state index contributed by atoms with van der Waals surface area (Å²) in [6.07, 6.45) is 11.1. The molecule has 0 unspecified atom stereocenters. The van der Waals surface area contributed by atoms with Crippen LogP contribution in [0.1, 0.15) is 74.6 Å². The van der Waals surface area contributed by atoms with Crippen LogP contribution >= 0.6 is 15.9 Å². The fraction of sp³-hybridized carbons (Fsp3) is 0.522. The Bertz CT molecular complexity index is 988. The van der Waals surface area contributed by atoms with E-state index in [0.29, 0.717) is 11.0 Å². The summed E-state index contributed by atoms with van der Waals surface area (Å²) in [4.78, 5) is 30.0. The fourth-order valence-corrected chi connectivity index (χ4v) is 4.65. The number of carbonyl (C=O) groups is 1. The molecule has 0 aliphatic heterocycles. The molecule has 1 aromatic heterocycles. The minimum absolute atomic E-state index is 0.123. The molecule has 4 rings (SSSR count). The van der Waals surface area contributed by atoms with Gasteiger partial charge in [0, 0.05) is 15.9 Å². The number of esters is 1. The summed E-state index contributed by atoms with van der Waals surface area (Å²) >= 11 is 3.40. The first-order valence-electron chi connectivity index (χ1n) is 10.9. The number of fused-ring (bicyclic) bond motifs is 1. The Hall–Kier alpha value is -2.15. The highest BCUT2D eigenvalue weighted by atomic mass is 79.9. The fourth-order valence-electron chi connectivity index (χ4n) is 4.27. The summed E-state index contributed by atoms with van der Waals surface area (Å²) in [6.45, 7) is 0. The number of ether oxygens (including phenoxy) is 1. The molecule has 160 valence electrons. The zero-order valence-corrected chi connectivity index (χ0v) is 18.6. The number of hydrogen-bond donors (Lipinski definition) is 1. The molecule has 2 fully saturated rings. The monoisotopic (exact) mass is 474 g/mol. The maximum atomic E-state index is 12.9. The van der Waals surface area contributed by atoms with E-state index in [0.717, 1.165) is 55.8 Å². The van der Waals surface area contributed by atoms with E-state index in [1.165, 1.54) is 18.9 Å². The molecule has 0 amide bonds. The van der Waals surface area contributed by atoms with Gasteiger partial charge in [-0.05, 0) is 49.9 Å². The van der Waals surface area contributed by atoms with Gasteiger partial charge in [-0.3, -0.25) is 0 Å². The Labute approximate surface area is 184 Å². The molecule has 0 atom stereocenters. The average molecular weight is 475 g/mol. The number of halogens is 1. The SMILES string of the molecule is O=C(OC(=NC1CCCCC1)NC1CCCCC1)c1cc2cc(Br)ccc2oc1=O. The molecule has 0 radical (unpaired) electrons. The predicted molar refractivity (Wildman–Crippen MR) is 120 cm³/mol. The number of aliphatic imine (C=N–C) groups is 1. The molecule has 1 N–H and O–H groups in total. The van der Waals surface area contributed by atoms with E-state index in [4.69, 9.17) is 14.1 Å². The van der Waals surface area contributed by atoms with Gasteiger partial charge in [-0.15, -0.1) is 0 Å². The Morgan fingerprint density at radius 2 is 1.73 bits per heavy atom. The minimum atomic E-state index is -0.733. The van der Waals surface area contributed by atoms with E-state index < -0.39 is 11.6 Å². The van der Waals surface area contributed by atoms with Crippen molar-refractivity contribution >= 4 is 38.9 Å². The summed E-state index contributed by atoms with van der Waals surface area (Å²) in [5, 5.41) is 3.99. The summed E-state index contributed by atoms with van der Waals surface area (Å²) in [5.74, 6) is -0.733. The summed E-state index contributed by atoms with van der Waals surface area (Å²) in [6, 6.07) is 7.44. The lowest BCUT2D eigenvalue weighted by molar-refractivity contribution is 0.0699. The number of hydrogen-bond acceptors (Lipinski definition) is 5. The van der Waals surface area contributed by atoms with Gasteiger partial charge in [0.2, 0.25) is 0 Å². The van der Waals surface area contributed by atoms with E-state index in [1.807, 2.05) is 0 Å². The van der Waals surface area contributed by atoms with Gasteiger partial charge in [0.05, 0.1) is 6.04 Å². The van der Waals surface area contributed by atoms with Crippen molar-refractivity contribution in [3.8, 4) is 0 Å². The zero-order valence-electron chi connectivity index (χ0n) is 17.0. The van der Waals surface area contributed by atoms with Gasteiger partial charge in [-0.25, -0.2) is 14.6 Å². The maximum absolute atomic E-state index is 12.9. The van der Waals surface area contributed by atoms with Gasteiger partial charge in [-0.1, -0.05) is 54.5 Å². The van der Waals surface area contributed by atoms with Crippen molar-refractivity contribution in [1.82, 2.24) is 5.32 Å². The van der Waals surface area contributed by atoms with Crippen molar-refractivity contribution in [1.29, 1.82) is 0 Å². The second-order valence-electron chi connectivity index (χ2n) is 8.22. The van der Waals surface area contributed by atoms with Crippen LogP contribution in [-0.4, -0.2) is 24.1 Å². The largest absolute Gasteiger partial charge is 0.422 e. The van der Waals surface area contributed by atoms with Crippen molar-refractivity contribution < 1.29 is 13.9 Å². The Kier molecular flexibility index (Phi) is 6.87. The van der Waals surface area contributed by atoms with Crippen LogP contribution in [0.5, 0.6) is 0 Å². The van der Waals surface area contributed by atoms with Crippen LogP contribution in [0.4, 0.5) is 0 Å². The topological polar surface area (TPSA) is 80.9 Å². The Balaban J connectivity index is 1.57. The highest BCUT2D eigenvalue weighted by Crippen LogP contribution is 2.22. The number of nitrogens with zero attached hydrogens (tertiary/aromatic N) is 1. The quantitative estimate of drug-likeness (QED) is 0.281. The first-order chi connectivity index (χ1) is 14.6. The Morgan fingerprint density at radius 3 is 2.47 bits per heavy atom. The van der Waals surface area contributed by atoms with Gasteiger partial charge < -0.3 is 14.5 Å². The number of rotatable bonds is 3. The van der Waals surface area contributed by atoms with Crippen LogP contribution in [0.3, 0.4) is 0 Å². The molecule has 6 nitrogen and oxygen atoms in total. The molecule has 0 bridgehead atoms. The van der Waals surface area contributed by atoms with Crippen LogP contribution in [0.15, 0.2) is 42.9 Å². The molecule has 2 aliphatic rings. The first kappa shape index (κ1) is 21.1. The molecule has 0 spiro atoms. The first-order valence-corrected chi connectivity index (χ1v) is 11.7. The van der Waals surface area contributed by atoms with E-state index in [1.54, 1.807) is 18.2 Å². The van der Waals surface area contributed by atoms with Crippen LogP contribution in [-0.2, 0) is 4.74 Å². The van der Waals surface area contributed by atoms with E-state index in [-0.39, 0.29) is 23.7 Å². The predicted octanol–water partition coefficient (Wildman–Crippen LogP) is 5.32. The van der Waals surface area contributed by atoms with Gasteiger partial charge in [-0.2, -0.15) is 0 Å². The normalized spacial score (nSPS) is 19.0. The lowest BCUT2D eigenvalue weighted by Gasteiger charge is -2.25. The molecule has 2 saturated carbocycles. The van der Waals surface area contributed by atoms with Crippen molar-refractivity contribution in [2.45, 2.75) is 76.3 Å². The lowest BCUT2D eigenvalue weighted by atomic mass is 9.95. The van der Waals surface area contributed by atoms with Crippen molar-refractivity contribution in [2.24, 2.45) is 4.99 Å².